The van der Waals surface area contributed by atoms with Crippen molar-refractivity contribution in [2.24, 2.45) is 0 Å². The highest BCUT2D eigenvalue weighted by atomic mass is 32.2. The van der Waals surface area contributed by atoms with E-state index < -0.39 is 0 Å². The minimum absolute atomic E-state index is 0.00651. The predicted molar refractivity (Wildman–Crippen MR) is 96.8 cm³/mol. The molecular weight excluding hydrogens is 338 g/mol. The van der Waals surface area contributed by atoms with Crippen molar-refractivity contribution in [3.8, 4) is 0 Å². The Morgan fingerprint density at radius 2 is 2.16 bits per heavy atom. The molecule has 0 saturated heterocycles. The highest BCUT2D eigenvalue weighted by molar-refractivity contribution is 7.99. The van der Waals surface area contributed by atoms with Gasteiger partial charge in [-0.05, 0) is 25.0 Å². The molecule has 128 valence electrons. The van der Waals surface area contributed by atoms with Crippen molar-refractivity contribution in [3.05, 3.63) is 47.3 Å². The van der Waals surface area contributed by atoms with Crippen molar-refractivity contribution in [3.63, 3.8) is 0 Å². The molecule has 2 heterocycles. The zero-order valence-electron chi connectivity index (χ0n) is 13.5. The van der Waals surface area contributed by atoms with Gasteiger partial charge in [0.05, 0.1) is 16.7 Å². The summed E-state index contributed by atoms with van der Waals surface area (Å²) in [4.78, 5) is 24.7. The van der Waals surface area contributed by atoms with Crippen molar-refractivity contribution in [1.29, 1.82) is 0 Å². The highest BCUT2D eigenvalue weighted by Gasteiger charge is 2.23. The molecule has 1 N–H and O–H groups in total. The maximum Gasteiger partial charge on any atom is 0.263 e. The molecule has 3 aromatic rings. The van der Waals surface area contributed by atoms with Crippen LogP contribution in [-0.4, -0.2) is 36.9 Å². The van der Waals surface area contributed by atoms with Gasteiger partial charge in [-0.3, -0.25) is 18.6 Å². The summed E-state index contributed by atoms with van der Waals surface area (Å²) >= 11 is 1.32. The van der Waals surface area contributed by atoms with Crippen molar-refractivity contribution in [2.45, 2.75) is 30.6 Å². The SMILES string of the molecule is C=CCn1c(=O)c2ccccc2n2c(SCC(=O)NC3CC3)nnc12. The van der Waals surface area contributed by atoms with Crippen LogP contribution in [-0.2, 0) is 11.3 Å². The third kappa shape index (κ3) is 2.93. The molecule has 0 aliphatic heterocycles. The van der Waals surface area contributed by atoms with Gasteiger partial charge in [-0.15, -0.1) is 16.8 Å². The van der Waals surface area contributed by atoms with E-state index in [4.69, 9.17) is 0 Å². The average molecular weight is 355 g/mol. The van der Waals surface area contributed by atoms with Gasteiger partial charge >= 0.3 is 0 Å². The van der Waals surface area contributed by atoms with Gasteiger partial charge in [-0.25, -0.2) is 0 Å². The maximum atomic E-state index is 12.7. The summed E-state index contributed by atoms with van der Waals surface area (Å²) in [6.07, 6.45) is 3.77. The molecule has 0 unspecified atom stereocenters. The van der Waals surface area contributed by atoms with E-state index in [2.05, 4.69) is 22.1 Å². The molecule has 1 amide bonds. The Kier molecular flexibility index (Phi) is 4.04. The van der Waals surface area contributed by atoms with E-state index in [9.17, 15) is 9.59 Å². The van der Waals surface area contributed by atoms with E-state index in [0.717, 1.165) is 18.4 Å². The summed E-state index contributed by atoms with van der Waals surface area (Å²) in [5.74, 6) is 0.716. The molecule has 7 nitrogen and oxygen atoms in total. The number of nitrogens with zero attached hydrogens (tertiary/aromatic N) is 4. The summed E-state index contributed by atoms with van der Waals surface area (Å²) in [5, 5.41) is 12.5. The molecule has 2 aromatic heterocycles. The number of hydrogen-bond acceptors (Lipinski definition) is 5. The Labute approximate surface area is 147 Å². The maximum absolute atomic E-state index is 12.7. The number of hydrogen-bond donors (Lipinski definition) is 1. The first kappa shape index (κ1) is 15.9. The second-order valence-corrected chi connectivity index (χ2v) is 6.91. The smallest absolute Gasteiger partial charge is 0.263 e. The Bertz CT molecular complexity index is 1030. The summed E-state index contributed by atoms with van der Waals surface area (Å²) in [6.45, 7) is 4.05. The number of para-hydroxylation sites is 1. The summed E-state index contributed by atoms with van der Waals surface area (Å²) in [5.41, 5.74) is 0.608. The van der Waals surface area contributed by atoms with Gasteiger partial charge < -0.3 is 5.32 Å². The van der Waals surface area contributed by atoms with Crippen molar-refractivity contribution in [2.75, 3.05) is 5.75 Å². The van der Waals surface area contributed by atoms with Crippen LogP contribution in [0.3, 0.4) is 0 Å². The van der Waals surface area contributed by atoms with Gasteiger partial charge in [-0.2, -0.15) is 0 Å². The molecule has 1 fully saturated rings. The van der Waals surface area contributed by atoms with Gasteiger partial charge in [-0.1, -0.05) is 30.0 Å². The number of carbonyl (C=O) groups excluding carboxylic acids is 1. The first-order chi connectivity index (χ1) is 12.2. The van der Waals surface area contributed by atoms with Crippen LogP contribution in [0.5, 0.6) is 0 Å². The molecule has 1 aliphatic carbocycles. The van der Waals surface area contributed by atoms with E-state index >= 15 is 0 Å². The van der Waals surface area contributed by atoms with Gasteiger partial charge in [0, 0.05) is 12.6 Å². The Morgan fingerprint density at radius 3 is 2.92 bits per heavy atom. The normalized spacial score (nSPS) is 14.1. The average Bonchev–Trinajstić information content (AvgIpc) is 3.33. The fourth-order valence-corrected chi connectivity index (χ4v) is 3.50. The number of nitrogens with one attached hydrogen (secondary N) is 1. The number of thioether (sulfide) groups is 1. The number of carbonyl (C=O) groups is 1. The fraction of sp³-hybridized carbons (Fsp3) is 0.294. The van der Waals surface area contributed by atoms with Crippen molar-refractivity contribution >= 4 is 34.3 Å². The van der Waals surface area contributed by atoms with Crippen LogP contribution in [0.15, 0.2) is 46.9 Å². The second-order valence-electron chi connectivity index (χ2n) is 5.97. The summed E-state index contributed by atoms with van der Waals surface area (Å²) in [7, 11) is 0. The van der Waals surface area contributed by atoms with Crippen LogP contribution < -0.4 is 10.9 Å². The molecule has 1 saturated carbocycles. The van der Waals surface area contributed by atoms with Gasteiger partial charge in [0.25, 0.3) is 5.56 Å². The minimum atomic E-state index is -0.126. The molecule has 4 rings (SSSR count). The molecule has 0 atom stereocenters. The second kappa shape index (κ2) is 6.36. The number of fused-ring (bicyclic) bond motifs is 3. The standard InChI is InChI=1S/C17H17N5O2S/c1-2-9-21-15(24)12-5-3-4-6-13(12)22-16(21)19-20-17(22)25-10-14(23)18-11-7-8-11/h2-6,11H,1,7-10H2,(H,18,23). The molecule has 25 heavy (non-hydrogen) atoms. The first-order valence-corrected chi connectivity index (χ1v) is 9.07. The minimum Gasteiger partial charge on any atom is -0.353 e. The van der Waals surface area contributed by atoms with E-state index in [1.807, 2.05) is 22.6 Å². The number of rotatable bonds is 6. The lowest BCUT2D eigenvalue weighted by Crippen LogP contribution is -2.27. The van der Waals surface area contributed by atoms with E-state index in [0.29, 0.717) is 28.9 Å². The van der Waals surface area contributed by atoms with Crippen molar-refractivity contribution in [1.82, 2.24) is 24.5 Å². The van der Waals surface area contributed by atoms with Crippen LogP contribution in [0.2, 0.25) is 0 Å². The number of aromatic nitrogens is 4. The van der Waals surface area contributed by atoms with Gasteiger partial charge in [0.15, 0.2) is 5.16 Å². The highest BCUT2D eigenvalue weighted by Crippen LogP contribution is 2.22. The fourth-order valence-electron chi connectivity index (χ4n) is 2.75. The molecule has 0 radical (unpaired) electrons. The third-order valence-corrected chi connectivity index (χ3v) is 4.99. The molecule has 1 aromatic carbocycles. The zero-order valence-corrected chi connectivity index (χ0v) is 14.3. The van der Waals surface area contributed by atoms with E-state index in [1.165, 1.54) is 16.3 Å². The number of benzene rings is 1. The molecule has 8 heteroatoms. The monoisotopic (exact) mass is 355 g/mol. The van der Waals surface area contributed by atoms with Gasteiger partial charge in [0.1, 0.15) is 0 Å². The predicted octanol–water partition coefficient (Wildman–Crippen LogP) is 1.60. The first-order valence-electron chi connectivity index (χ1n) is 8.09. The largest absolute Gasteiger partial charge is 0.353 e. The Hall–Kier alpha value is -2.61. The van der Waals surface area contributed by atoms with Crippen LogP contribution in [0, 0.1) is 0 Å². The summed E-state index contributed by atoms with van der Waals surface area (Å²) in [6, 6.07) is 7.67. The molecule has 0 bridgehead atoms. The Balaban J connectivity index is 1.78. The zero-order chi connectivity index (χ0) is 17.4. The van der Waals surface area contributed by atoms with Crippen LogP contribution in [0.4, 0.5) is 0 Å². The lowest BCUT2D eigenvalue weighted by atomic mass is 10.2. The number of amides is 1. The topological polar surface area (TPSA) is 81.3 Å². The van der Waals surface area contributed by atoms with Crippen molar-refractivity contribution < 1.29 is 4.79 Å². The Morgan fingerprint density at radius 1 is 1.36 bits per heavy atom. The van der Waals surface area contributed by atoms with Crippen LogP contribution >= 0.6 is 11.8 Å². The third-order valence-electron chi connectivity index (χ3n) is 4.06. The van der Waals surface area contributed by atoms with E-state index in [1.54, 1.807) is 12.1 Å². The van der Waals surface area contributed by atoms with Crippen LogP contribution in [0.25, 0.3) is 16.7 Å². The summed E-state index contributed by atoms with van der Waals surface area (Å²) < 4.78 is 3.37. The lowest BCUT2D eigenvalue weighted by molar-refractivity contribution is -0.118. The van der Waals surface area contributed by atoms with Crippen LogP contribution in [0.1, 0.15) is 12.8 Å². The molecule has 0 spiro atoms. The molecular formula is C17H17N5O2S. The quantitative estimate of drug-likeness (QED) is 0.537. The number of allylic oxidation sites excluding steroid dienone is 1. The van der Waals surface area contributed by atoms with E-state index in [-0.39, 0.29) is 17.2 Å². The molecule has 1 aliphatic rings. The lowest BCUT2D eigenvalue weighted by Gasteiger charge is -2.09. The van der Waals surface area contributed by atoms with Gasteiger partial charge in [0.2, 0.25) is 11.7 Å².